The molecule has 0 aliphatic rings. The van der Waals surface area contributed by atoms with Crippen molar-refractivity contribution in [2.45, 2.75) is 52.4 Å². The molecule has 2 amide bonds. The lowest BCUT2D eigenvalue weighted by Crippen LogP contribution is -2.51. The first-order valence-electron chi connectivity index (χ1n) is 11.5. The second kappa shape index (κ2) is 12.2. The fourth-order valence-corrected chi connectivity index (χ4v) is 4.30. The molecule has 0 bridgehead atoms. The quantitative estimate of drug-likeness (QED) is 0.446. The Labute approximate surface area is 210 Å². The number of amides is 2. The van der Waals surface area contributed by atoms with E-state index in [0.717, 1.165) is 36.8 Å². The number of carbonyl (C=O) groups excluding carboxylic acids is 2. The third-order valence-corrected chi connectivity index (χ3v) is 6.75. The Morgan fingerprint density at radius 3 is 2.28 bits per heavy atom. The average Bonchev–Trinajstić information content (AvgIpc) is 2.80. The minimum Gasteiger partial charge on any atom is -0.354 e. The summed E-state index contributed by atoms with van der Waals surface area (Å²) in [6, 6.07) is 10.1. The highest BCUT2D eigenvalue weighted by Gasteiger charge is 2.33. The number of carbonyl (C=O) groups is 2. The first-order chi connectivity index (χ1) is 16.7. The number of benzene rings is 2. The molecular weight excluding hydrogens is 495 g/mol. The maximum atomic E-state index is 13.4. The molecule has 2 aromatic carbocycles. The van der Waals surface area contributed by atoms with Gasteiger partial charge in [-0.2, -0.15) is 13.2 Å². The zero-order valence-electron chi connectivity index (χ0n) is 20.8. The monoisotopic (exact) mass is 527 g/mol. The molecule has 1 atom stereocenters. The molecule has 0 unspecified atom stereocenters. The summed E-state index contributed by atoms with van der Waals surface area (Å²) in [5.74, 6) is -1.13. The van der Waals surface area contributed by atoms with Gasteiger partial charge in [0, 0.05) is 13.1 Å². The van der Waals surface area contributed by atoms with Crippen LogP contribution in [0.5, 0.6) is 0 Å². The fraction of sp³-hybridized carbons (Fsp3) is 0.440. The molecule has 1 N–H and O–H groups in total. The van der Waals surface area contributed by atoms with Gasteiger partial charge in [-0.25, -0.2) is 8.42 Å². The third-order valence-electron chi connectivity index (χ3n) is 5.61. The molecule has 7 nitrogen and oxygen atoms in total. The van der Waals surface area contributed by atoms with Crippen molar-refractivity contribution in [2.75, 3.05) is 23.7 Å². The van der Waals surface area contributed by atoms with E-state index in [1.54, 1.807) is 12.1 Å². The largest absolute Gasteiger partial charge is 0.416 e. The molecule has 198 valence electrons. The van der Waals surface area contributed by atoms with Gasteiger partial charge in [0.2, 0.25) is 21.8 Å². The molecule has 2 rings (SSSR count). The number of sulfonamides is 1. The van der Waals surface area contributed by atoms with Crippen molar-refractivity contribution in [2.24, 2.45) is 0 Å². The van der Waals surface area contributed by atoms with Gasteiger partial charge in [0.05, 0.1) is 17.5 Å². The lowest BCUT2D eigenvalue weighted by Gasteiger charge is -2.31. The standard InChI is InChI=1S/C25H32F3N3O4S/c1-5-6-14-29-24(33)19(3)30(16-20-12-10-18(2)11-13-20)23(32)17-31(36(4,34)35)22-9-7-8-21(15-22)25(26,27)28/h7-13,15,19H,5-6,14,16-17H2,1-4H3,(H,29,33)/t19-/m0/s1. The van der Waals surface area contributed by atoms with Gasteiger partial charge in [-0.05, 0) is 44.0 Å². The molecule has 0 radical (unpaired) electrons. The Morgan fingerprint density at radius 2 is 1.72 bits per heavy atom. The molecule has 0 aliphatic heterocycles. The van der Waals surface area contributed by atoms with E-state index in [2.05, 4.69) is 5.32 Å². The number of anilines is 1. The molecule has 0 spiro atoms. The predicted molar refractivity (Wildman–Crippen MR) is 133 cm³/mol. The Morgan fingerprint density at radius 1 is 1.08 bits per heavy atom. The normalized spacial score (nSPS) is 12.6. The fourth-order valence-electron chi connectivity index (χ4n) is 3.46. The van der Waals surface area contributed by atoms with E-state index >= 15 is 0 Å². The zero-order chi connectivity index (χ0) is 27.1. The maximum Gasteiger partial charge on any atom is 0.416 e. The molecule has 0 aliphatic carbocycles. The van der Waals surface area contributed by atoms with Crippen molar-refractivity contribution in [3.63, 3.8) is 0 Å². The minimum atomic E-state index is -4.69. The Hall–Kier alpha value is -3.08. The second-order valence-corrected chi connectivity index (χ2v) is 10.6. The lowest BCUT2D eigenvalue weighted by molar-refractivity contribution is -0.139. The van der Waals surface area contributed by atoms with Crippen LogP contribution >= 0.6 is 0 Å². The number of hydrogen-bond acceptors (Lipinski definition) is 4. The van der Waals surface area contributed by atoms with Gasteiger partial charge in [0.25, 0.3) is 0 Å². The maximum absolute atomic E-state index is 13.4. The number of hydrogen-bond donors (Lipinski definition) is 1. The second-order valence-electron chi connectivity index (χ2n) is 8.65. The number of halogens is 3. The zero-order valence-corrected chi connectivity index (χ0v) is 21.6. The van der Waals surface area contributed by atoms with E-state index < -0.39 is 46.2 Å². The summed E-state index contributed by atoms with van der Waals surface area (Å²) < 4.78 is 65.3. The SMILES string of the molecule is CCCCNC(=O)[C@H](C)N(Cc1ccc(C)cc1)C(=O)CN(c1cccc(C(F)(F)F)c1)S(C)(=O)=O. The number of alkyl halides is 3. The van der Waals surface area contributed by atoms with E-state index in [0.29, 0.717) is 22.5 Å². The van der Waals surface area contributed by atoms with Crippen molar-refractivity contribution < 1.29 is 31.2 Å². The smallest absolute Gasteiger partial charge is 0.354 e. The number of nitrogens with zero attached hydrogens (tertiary/aromatic N) is 2. The van der Waals surface area contributed by atoms with Crippen LogP contribution in [-0.2, 0) is 32.3 Å². The molecule has 0 fully saturated rings. The van der Waals surface area contributed by atoms with Crippen LogP contribution in [0.15, 0.2) is 48.5 Å². The number of aryl methyl sites for hydroxylation is 1. The van der Waals surface area contributed by atoms with Gasteiger partial charge < -0.3 is 10.2 Å². The molecular formula is C25H32F3N3O4S. The Balaban J connectivity index is 2.39. The summed E-state index contributed by atoms with van der Waals surface area (Å²) in [6.45, 7) is 5.07. The number of rotatable bonds is 11. The minimum absolute atomic E-state index is 0.0155. The van der Waals surface area contributed by atoms with Crippen LogP contribution in [-0.4, -0.2) is 50.5 Å². The van der Waals surface area contributed by atoms with Gasteiger partial charge in [0.1, 0.15) is 12.6 Å². The summed E-state index contributed by atoms with van der Waals surface area (Å²) in [5.41, 5.74) is 0.374. The van der Waals surface area contributed by atoms with Crippen LogP contribution < -0.4 is 9.62 Å². The molecule has 0 saturated carbocycles. The lowest BCUT2D eigenvalue weighted by atomic mass is 10.1. The molecule has 0 aromatic heterocycles. The summed E-state index contributed by atoms with van der Waals surface area (Å²) >= 11 is 0. The summed E-state index contributed by atoms with van der Waals surface area (Å²) in [6.07, 6.45) is -2.26. The molecule has 0 heterocycles. The topological polar surface area (TPSA) is 86.8 Å². The van der Waals surface area contributed by atoms with Crippen LogP contribution in [0.2, 0.25) is 0 Å². The van der Waals surface area contributed by atoms with Crippen molar-refractivity contribution in [3.05, 3.63) is 65.2 Å². The number of unbranched alkanes of at least 4 members (excludes halogenated alkanes) is 1. The van der Waals surface area contributed by atoms with E-state index in [1.165, 1.54) is 17.9 Å². The average molecular weight is 528 g/mol. The number of nitrogens with one attached hydrogen (secondary N) is 1. The predicted octanol–water partition coefficient (Wildman–Crippen LogP) is 4.11. The highest BCUT2D eigenvalue weighted by molar-refractivity contribution is 7.92. The molecule has 2 aromatic rings. The van der Waals surface area contributed by atoms with E-state index in [-0.39, 0.29) is 12.2 Å². The Kier molecular flexibility index (Phi) is 9.92. The van der Waals surface area contributed by atoms with Gasteiger partial charge >= 0.3 is 6.18 Å². The van der Waals surface area contributed by atoms with Crippen LogP contribution in [0.3, 0.4) is 0 Å². The van der Waals surface area contributed by atoms with E-state index in [4.69, 9.17) is 0 Å². The van der Waals surface area contributed by atoms with Crippen molar-refractivity contribution >= 4 is 27.5 Å². The van der Waals surface area contributed by atoms with Crippen LogP contribution in [0.4, 0.5) is 18.9 Å². The summed E-state index contributed by atoms with van der Waals surface area (Å²) in [7, 11) is -4.13. The third kappa shape index (κ3) is 8.25. The first kappa shape index (κ1) is 29.2. The van der Waals surface area contributed by atoms with Crippen molar-refractivity contribution in [1.82, 2.24) is 10.2 Å². The highest BCUT2D eigenvalue weighted by Crippen LogP contribution is 2.32. The highest BCUT2D eigenvalue weighted by atomic mass is 32.2. The van der Waals surface area contributed by atoms with Gasteiger partial charge in [-0.1, -0.05) is 49.2 Å². The van der Waals surface area contributed by atoms with E-state index in [1.807, 2.05) is 26.0 Å². The van der Waals surface area contributed by atoms with Crippen LogP contribution in [0.25, 0.3) is 0 Å². The molecule has 11 heteroatoms. The summed E-state index contributed by atoms with van der Waals surface area (Å²) in [4.78, 5) is 27.4. The van der Waals surface area contributed by atoms with Gasteiger partial charge in [-0.3, -0.25) is 13.9 Å². The van der Waals surface area contributed by atoms with Crippen molar-refractivity contribution in [3.8, 4) is 0 Å². The molecule has 0 saturated heterocycles. The van der Waals surface area contributed by atoms with Crippen LogP contribution in [0, 0.1) is 6.92 Å². The van der Waals surface area contributed by atoms with Gasteiger partial charge in [-0.15, -0.1) is 0 Å². The van der Waals surface area contributed by atoms with Gasteiger partial charge in [0.15, 0.2) is 0 Å². The van der Waals surface area contributed by atoms with Crippen LogP contribution in [0.1, 0.15) is 43.4 Å². The van der Waals surface area contributed by atoms with Crippen molar-refractivity contribution in [1.29, 1.82) is 0 Å². The van der Waals surface area contributed by atoms with E-state index in [9.17, 15) is 31.2 Å². The molecule has 36 heavy (non-hydrogen) atoms. The summed E-state index contributed by atoms with van der Waals surface area (Å²) in [5, 5.41) is 2.76. The first-order valence-corrected chi connectivity index (χ1v) is 13.4. The Bertz CT molecular complexity index is 1150.